The van der Waals surface area contributed by atoms with Crippen molar-refractivity contribution in [1.29, 1.82) is 0 Å². The lowest BCUT2D eigenvalue weighted by molar-refractivity contribution is -0.129. The first-order chi connectivity index (χ1) is 16.0. The van der Waals surface area contributed by atoms with Crippen LogP contribution in [0.4, 0.5) is 0 Å². The van der Waals surface area contributed by atoms with E-state index in [0.717, 1.165) is 24.0 Å². The molecular formula is C29H45NO3. The SMILES string of the molecule is CCCCCCCCCCCCCCCCN1C(=O)C(O)=C(C(C)=O)C1c1ccc(C)cc1. The molecule has 0 saturated carbocycles. The van der Waals surface area contributed by atoms with Gasteiger partial charge in [0.05, 0.1) is 11.6 Å². The molecule has 4 heteroatoms. The van der Waals surface area contributed by atoms with Crippen LogP contribution < -0.4 is 0 Å². The number of carbonyl (C=O) groups is 2. The van der Waals surface area contributed by atoms with E-state index < -0.39 is 11.9 Å². The molecule has 0 fully saturated rings. The second-order valence-electron chi connectivity index (χ2n) is 9.73. The summed E-state index contributed by atoms with van der Waals surface area (Å²) in [5.74, 6) is -1.03. The molecule has 0 aliphatic carbocycles. The third-order valence-corrected chi connectivity index (χ3v) is 6.83. The summed E-state index contributed by atoms with van der Waals surface area (Å²) in [6, 6.07) is 7.40. The Labute approximate surface area is 201 Å². The number of ketones is 1. The minimum atomic E-state index is -0.474. The zero-order valence-corrected chi connectivity index (χ0v) is 21.2. The number of amides is 1. The van der Waals surface area contributed by atoms with Crippen molar-refractivity contribution in [2.24, 2.45) is 0 Å². The second kappa shape index (κ2) is 14.9. The molecule has 1 N–H and O–H groups in total. The van der Waals surface area contributed by atoms with Crippen molar-refractivity contribution in [2.75, 3.05) is 6.54 Å². The first-order valence-electron chi connectivity index (χ1n) is 13.3. The van der Waals surface area contributed by atoms with Crippen LogP contribution >= 0.6 is 0 Å². The number of nitrogens with zero attached hydrogens (tertiary/aromatic N) is 1. The Kier molecular flexibility index (Phi) is 12.3. The van der Waals surface area contributed by atoms with Gasteiger partial charge in [-0.25, -0.2) is 0 Å². The van der Waals surface area contributed by atoms with E-state index in [1.54, 1.807) is 4.90 Å². The van der Waals surface area contributed by atoms with E-state index in [1.807, 2.05) is 31.2 Å². The maximum Gasteiger partial charge on any atom is 0.290 e. The molecular weight excluding hydrogens is 410 g/mol. The van der Waals surface area contributed by atoms with Crippen LogP contribution in [0.15, 0.2) is 35.6 Å². The van der Waals surface area contributed by atoms with Gasteiger partial charge in [-0.3, -0.25) is 9.59 Å². The monoisotopic (exact) mass is 455 g/mol. The molecule has 33 heavy (non-hydrogen) atoms. The van der Waals surface area contributed by atoms with Crippen LogP contribution in [0.5, 0.6) is 0 Å². The minimum Gasteiger partial charge on any atom is -0.503 e. The molecule has 1 unspecified atom stereocenters. The summed E-state index contributed by atoms with van der Waals surface area (Å²) >= 11 is 0. The van der Waals surface area contributed by atoms with Crippen LogP contribution in [0.3, 0.4) is 0 Å². The standard InChI is InChI=1S/C29H45NO3/c1-4-5-6-7-8-9-10-11-12-13-14-15-16-17-22-30-27(25-20-18-23(2)19-21-25)26(24(3)31)28(32)29(30)33/h18-21,27,32H,4-17,22H2,1-3H3. The Bertz CT molecular complexity index is 766. The Morgan fingerprint density at radius 2 is 1.27 bits per heavy atom. The number of hydrogen-bond donors (Lipinski definition) is 1. The smallest absolute Gasteiger partial charge is 0.290 e. The number of Topliss-reactive ketones (excluding diaryl/α,β-unsaturated/α-hetero) is 1. The molecule has 184 valence electrons. The van der Waals surface area contributed by atoms with Crippen LogP contribution in [0.25, 0.3) is 0 Å². The van der Waals surface area contributed by atoms with Gasteiger partial charge in [0.1, 0.15) is 0 Å². The average Bonchev–Trinajstić information content (AvgIpc) is 3.05. The zero-order valence-electron chi connectivity index (χ0n) is 21.2. The van der Waals surface area contributed by atoms with Crippen LogP contribution in [0.1, 0.15) is 121 Å². The van der Waals surface area contributed by atoms with Crippen molar-refractivity contribution in [3.63, 3.8) is 0 Å². The van der Waals surface area contributed by atoms with E-state index in [4.69, 9.17) is 0 Å². The van der Waals surface area contributed by atoms with Crippen LogP contribution in [-0.4, -0.2) is 28.2 Å². The Morgan fingerprint density at radius 3 is 1.73 bits per heavy atom. The van der Waals surface area contributed by atoms with Crippen molar-refractivity contribution < 1.29 is 14.7 Å². The fraction of sp³-hybridized carbons (Fsp3) is 0.655. The molecule has 0 bridgehead atoms. The highest BCUT2D eigenvalue weighted by atomic mass is 16.3. The largest absolute Gasteiger partial charge is 0.503 e. The second-order valence-corrected chi connectivity index (χ2v) is 9.73. The fourth-order valence-corrected chi connectivity index (χ4v) is 4.82. The average molecular weight is 456 g/mol. The first kappa shape index (κ1) is 27.1. The lowest BCUT2D eigenvalue weighted by Crippen LogP contribution is -2.32. The molecule has 1 aromatic carbocycles. The molecule has 0 saturated heterocycles. The van der Waals surface area contributed by atoms with Gasteiger partial charge in [0, 0.05) is 6.54 Å². The van der Waals surface area contributed by atoms with Gasteiger partial charge in [0.25, 0.3) is 5.91 Å². The Hall–Kier alpha value is -2.10. The van der Waals surface area contributed by atoms with Crippen molar-refractivity contribution in [2.45, 2.75) is 117 Å². The molecule has 4 nitrogen and oxygen atoms in total. The van der Waals surface area contributed by atoms with Gasteiger partial charge in [-0.2, -0.15) is 0 Å². The van der Waals surface area contributed by atoms with Crippen LogP contribution in [0.2, 0.25) is 0 Å². The molecule has 1 aliphatic heterocycles. The predicted molar refractivity (Wildman–Crippen MR) is 136 cm³/mol. The molecule has 1 aliphatic rings. The number of carbonyl (C=O) groups excluding carboxylic acids is 2. The topological polar surface area (TPSA) is 57.6 Å². The number of benzene rings is 1. The summed E-state index contributed by atoms with van der Waals surface area (Å²) in [4.78, 5) is 26.6. The zero-order chi connectivity index (χ0) is 24.1. The summed E-state index contributed by atoms with van der Waals surface area (Å²) in [6.07, 6.45) is 18.0. The number of rotatable bonds is 17. The summed E-state index contributed by atoms with van der Waals surface area (Å²) in [7, 11) is 0. The van der Waals surface area contributed by atoms with E-state index in [0.29, 0.717) is 6.54 Å². The molecule has 1 aromatic rings. The number of aryl methyl sites for hydroxylation is 1. The summed E-state index contributed by atoms with van der Waals surface area (Å²) in [5.41, 5.74) is 2.24. The number of aliphatic hydroxyl groups is 1. The van der Waals surface area contributed by atoms with Gasteiger partial charge in [0.2, 0.25) is 0 Å². The molecule has 1 heterocycles. The maximum absolute atomic E-state index is 12.7. The lowest BCUT2D eigenvalue weighted by atomic mass is 9.96. The van der Waals surface area contributed by atoms with Crippen molar-refractivity contribution in [3.8, 4) is 0 Å². The van der Waals surface area contributed by atoms with E-state index >= 15 is 0 Å². The molecule has 0 spiro atoms. The third-order valence-electron chi connectivity index (χ3n) is 6.83. The molecule has 2 rings (SSSR count). The number of hydrogen-bond acceptors (Lipinski definition) is 3. The van der Waals surface area contributed by atoms with Gasteiger partial charge < -0.3 is 10.0 Å². The minimum absolute atomic E-state index is 0.231. The molecule has 1 amide bonds. The predicted octanol–water partition coefficient (Wildman–Crippen LogP) is 7.76. The fourth-order valence-electron chi connectivity index (χ4n) is 4.82. The highest BCUT2D eigenvalue weighted by Crippen LogP contribution is 2.37. The third kappa shape index (κ3) is 8.64. The van der Waals surface area contributed by atoms with E-state index in [2.05, 4.69) is 6.92 Å². The maximum atomic E-state index is 12.7. The van der Waals surface area contributed by atoms with E-state index in [9.17, 15) is 14.7 Å². The van der Waals surface area contributed by atoms with E-state index in [1.165, 1.54) is 84.0 Å². The lowest BCUT2D eigenvalue weighted by Gasteiger charge is -2.26. The highest BCUT2D eigenvalue weighted by molar-refractivity contribution is 6.08. The van der Waals surface area contributed by atoms with Gasteiger partial charge in [0.15, 0.2) is 11.5 Å². The van der Waals surface area contributed by atoms with Crippen molar-refractivity contribution >= 4 is 11.7 Å². The van der Waals surface area contributed by atoms with Gasteiger partial charge >= 0.3 is 0 Å². The molecule has 0 radical (unpaired) electrons. The van der Waals surface area contributed by atoms with Gasteiger partial charge in [-0.1, -0.05) is 120 Å². The van der Waals surface area contributed by atoms with Crippen LogP contribution in [0, 0.1) is 6.92 Å². The van der Waals surface area contributed by atoms with Crippen molar-refractivity contribution in [1.82, 2.24) is 4.90 Å². The summed E-state index contributed by atoms with van der Waals surface area (Å²) in [5, 5.41) is 10.4. The summed E-state index contributed by atoms with van der Waals surface area (Å²) in [6.45, 7) is 6.27. The molecule has 0 aromatic heterocycles. The Balaban J connectivity index is 1.68. The number of aliphatic hydroxyl groups excluding tert-OH is 1. The Morgan fingerprint density at radius 1 is 0.818 bits per heavy atom. The van der Waals surface area contributed by atoms with Crippen molar-refractivity contribution in [3.05, 3.63) is 46.7 Å². The van der Waals surface area contributed by atoms with Crippen LogP contribution in [-0.2, 0) is 9.59 Å². The molecule has 1 atom stereocenters. The first-order valence-corrected chi connectivity index (χ1v) is 13.3. The number of unbranched alkanes of at least 4 members (excludes halogenated alkanes) is 13. The van der Waals surface area contributed by atoms with Gasteiger partial charge in [-0.15, -0.1) is 0 Å². The van der Waals surface area contributed by atoms with Gasteiger partial charge in [-0.05, 0) is 25.8 Å². The van der Waals surface area contributed by atoms with E-state index in [-0.39, 0.29) is 17.1 Å². The summed E-state index contributed by atoms with van der Waals surface area (Å²) < 4.78 is 0. The normalized spacial score (nSPS) is 16.2. The quantitative estimate of drug-likeness (QED) is 0.244. The highest BCUT2D eigenvalue weighted by Gasteiger charge is 2.41.